The second kappa shape index (κ2) is 11.5. The number of esters is 1. The summed E-state index contributed by atoms with van der Waals surface area (Å²) in [7, 11) is 0. The largest absolute Gasteiger partial charge is 0.484 e. The second-order valence-corrected chi connectivity index (χ2v) is 10.0. The van der Waals surface area contributed by atoms with Crippen LogP contribution in [0.2, 0.25) is 0 Å². The molecule has 9 heteroatoms. The third-order valence-corrected chi connectivity index (χ3v) is 7.23. The van der Waals surface area contributed by atoms with Gasteiger partial charge in [0, 0.05) is 5.69 Å². The predicted octanol–water partition coefficient (Wildman–Crippen LogP) is 3.77. The van der Waals surface area contributed by atoms with E-state index in [1.165, 1.54) is 16.8 Å². The lowest BCUT2D eigenvalue weighted by atomic mass is 9.99. The van der Waals surface area contributed by atoms with Gasteiger partial charge in [0.2, 0.25) is 5.91 Å². The van der Waals surface area contributed by atoms with Crippen LogP contribution in [0.1, 0.15) is 26.7 Å². The molecule has 2 aromatic rings. The van der Waals surface area contributed by atoms with Gasteiger partial charge < -0.3 is 24.4 Å². The molecule has 4 unspecified atom stereocenters. The van der Waals surface area contributed by atoms with E-state index in [0.717, 1.165) is 18.5 Å². The van der Waals surface area contributed by atoms with Crippen molar-refractivity contribution in [2.75, 3.05) is 11.3 Å². The molecule has 4 rings (SSSR count). The number of carbonyl (C=O) groups excluding carboxylic acids is 3. The number of hydrogen-bond acceptors (Lipinski definition) is 7. The Bertz CT molecular complexity index is 1090. The standard InChI is InChI=1S/C27H31N3O5S/c1-17(2)24(27(33)35-18(3)19-14-15-19)30-25(32)23(26(30)36-29-20-10-6-4-7-11-20)28-22(31)16-34-21-12-8-5-9-13-21/h4-13,18-19,23-24,26,29H,1,14-16H2,2-3H3,(H,28,31). The summed E-state index contributed by atoms with van der Waals surface area (Å²) < 4.78 is 14.4. The van der Waals surface area contributed by atoms with Crippen molar-refractivity contribution in [2.24, 2.45) is 5.92 Å². The van der Waals surface area contributed by atoms with Gasteiger partial charge in [0.15, 0.2) is 12.6 Å². The van der Waals surface area contributed by atoms with Crippen molar-refractivity contribution in [2.45, 2.75) is 50.3 Å². The Hall–Kier alpha value is -3.46. The average molecular weight is 510 g/mol. The van der Waals surface area contributed by atoms with E-state index in [4.69, 9.17) is 9.47 Å². The Morgan fingerprint density at radius 2 is 1.75 bits per heavy atom. The van der Waals surface area contributed by atoms with Crippen molar-refractivity contribution in [1.82, 2.24) is 10.2 Å². The molecule has 0 bridgehead atoms. The molecule has 0 aromatic heterocycles. The van der Waals surface area contributed by atoms with Gasteiger partial charge in [-0.15, -0.1) is 0 Å². The van der Waals surface area contributed by atoms with E-state index in [1.54, 1.807) is 19.1 Å². The Kier molecular flexibility index (Phi) is 8.20. The fraction of sp³-hybridized carbons (Fsp3) is 0.370. The number of anilines is 1. The van der Waals surface area contributed by atoms with E-state index < -0.39 is 29.3 Å². The van der Waals surface area contributed by atoms with E-state index in [0.29, 0.717) is 17.2 Å². The lowest BCUT2D eigenvalue weighted by Gasteiger charge is -2.49. The number of para-hydroxylation sites is 2. The first kappa shape index (κ1) is 25.6. The highest BCUT2D eigenvalue weighted by Gasteiger charge is 2.54. The molecule has 190 valence electrons. The molecule has 1 aliphatic carbocycles. The highest BCUT2D eigenvalue weighted by atomic mass is 32.2. The SMILES string of the molecule is C=C(C)C(C(=O)OC(C)C1CC1)N1C(=O)C(NC(=O)COc2ccccc2)C1SNc1ccccc1. The molecule has 1 aliphatic heterocycles. The summed E-state index contributed by atoms with van der Waals surface area (Å²) in [5.41, 5.74) is 1.33. The minimum absolute atomic E-state index is 0.213. The predicted molar refractivity (Wildman–Crippen MR) is 139 cm³/mol. The normalized spacial score (nSPS) is 20.5. The molecule has 8 nitrogen and oxygen atoms in total. The number of nitrogens with zero attached hydrogens (tertiary/aromatic N) is 1. The Morgan fingerprint density at radius 1 is 1.11 bits per heavy atom. The van der Waals surface area contributed by atoms with Crippen LogP contribution in [-0.4, -0.2) is 52.9 Å². The summed E-state index contributed by atoms with van der Waals surface area (Å²) in [6.45, 7) is 7.30. The molecule has 2 aliphatic rings. The molecule has 1 saturated carbocycles. The second-order valence-electron chi connectivity index (χ2n) is 9.10. The molecule has 36 heavy (non-hydrogen) atoms. The maximum Gasteiger partial charge on any atom is 0.333 e. The quantitative estimate of drug-likeness (QED) is 0.195. The summed E-state index contributed by atoms with van der Waals surface area (Å²) in [5.74, 6) is -0.384. The number of benzene rings is 2. The van der Waals surface area contributed by atoms with Crippen LogP contribution in [0.5, 0.6) is 5.75 Å². The molecule has 2 amide bonds. The van der Waals surface area contributed by atoms with Crippen molar-refractivity contribution >= 4 is 35.4 Å². The van der Waals surface area contributed by atoms with Crippen molar-refractivity contribution in [3.05, 3.63) is 72.8 Å². The van der Waals surface area contributed by atoms with E-state index in [9.17, 15) is 14.4 Å². The number of likely N-dealkylation sites (tertiary alicyclic amines) is 1. The van der Waals surface area contributed by atoms with Crippen LogP contribution in [-0.2, 0) is 19.1 Å². The van der Waals surface area contributed by atoms with Gasteiger partial charge >= 0.3 is 5.97 Å². The fourth-order valence-corrected chi connectivity index (χ4v) is 5.05. The van der Waals surface area contributed by atoms with E-state index >= 15 is 0 Å². The zero-order chi connectivity index (χ0) is 25.7. The topological polar surface area (TPSA) is 97.0 Å². The Balaban J connectivity index is 1.46. The van der Waals surface area contributed by atoms with Crippen LogP contribution in [0, 0.1) is 5.92 Å². The third-order valence-electron chi connectivity index (χ3n) is 6.14. The lowest BCUT2D eigenvalue weighted by molar-refractivity contribution is -0.166. The van der Waals surface area contributed by atoms with Gasteiger partial charge in [-0.05, 0) is 74.4 Å². The minimum atomic E-state index is -0.942. The number of carbonyl (C=O) groups is 3. The fourth-order valence-electron chi connectivity index (χ4n) is 4.00. The van der Waals surface area contributed by atoms with Gasteiger partial charge in [-0.25, -0.2) is 4.79 Å². The zero-order valence-corrected chi connectivity index (χ0v) is 21.2. The van der Waals surface area contributed by atoms with Crippen LogP contribution in [0.4, 0.5) is 5.69 Å². The maximum atomic E-state index is 13.3. The smallest absolute Gasteiger partial charge is 0.333 e. The Morgan fingerprint density at radius 3 is 2.36 bits per heavy atom. The van der Waals surface area contributed by atoms with Gasteiger partial charge in [-0.3, -0.25) is 9.59 Å². The van der Waals surface area contributed by atoms with Crippen molar-refractivity contribution in [3.63, 3.8) is 0 Å². The number of β-lactam (4-membered cyclic amide) rings is 1. The summed E-state index contributed by atoms with van der Waals surface area (Å²) in [4.78, 5) is 40.4. The molecule has 4 atom stereocenters. The highest BCUT2D eigenvalue weighted by Crippen LogP contribution is 2.37. The number of rotatable bonds is 12. The van der Waals surface area contributed by atoms with Crippen LogP contribution in [0.25, 0.3) is 0 Å². The lowest BCUT2D eigenvalue weighted by Crippen LogP contribution is -2.73. The van der Waals surface area contributed by atoms with Crippen molar-refractivity contribution < 1.29 is 23.9 Å². The summed E-state index contributed by atoms with van der Waals surface area (Å²) in [6, 6.07) is 16.6. The Labute approximate surface area is 215 Å². The first-order valence-corrected chi connectivity index (χ1v) is 12.8. The van der Waals surface area contributed by atoms with E-state index in [1.807, 2.05) is 55.5 Å². The summed E-state index contributed by atoms with van der Waals surface area (Å²) in [6.07, 6.45) is 1.86. The molecular weight excluding hydrogens is 478 g/mol. The van der Waals surface area contributed by atoms with Gasteiger partial charge in [0.05, 0.1) is 0 Å². The van der Waals surface area contributed by atoms with Gasteiger partial charge in [0.1, 0.15) is 23.3 Å². The summed E-state index contributed by atoms with van der Waals surface area (Å²) in [5, 5.41) is 2.19. The van der Waals surface area contributed by atoms with Crippen molar-refractivity contribution in [1.29, 1.82) is 0 Å². The van der Waals surface area contributed by atoms with Crippen LogP contribution >= 0.6 is 11.9 Å². The molecule has 0 radical (unpaired) electrons. The van der Waals surface area contributed by atoms with Crippen LogP contribution < -0.4 is 14.8 Å². The molecule has 1 heterocycles. The van der Waals surface area contributed by atoms with E-state index in [2.05, 4.69) is 16.6 Å². The first-order chi connectivity index (χ1) is 17.3. The number of nitrogens with one attached hydrogen (secondary N) is 2. The number of hydrogen-bond donors (Lipinski definition) is 2. The molecule has 0 spiro atoms. The molecular formula is C27H31N3O5S. The number of amides is 2. The number of ether oxygens (including phenoxy) is 2. The summed E-state index contributed by atoms with van der Waals surface area (Å²) >= 11 is 1.24. The highest BCUT2D eigenvalue weighted by molar-refractivity contribution is 8.01. The molecule has 1 saturated heterocycles. The zero-order valence-electron chi connectivity index (χ0n) is 20.4. The van der Waals surface area contributed by atoms with Gasteiger partial charge in [-0.2, -0.15) is 0 Å². The monoisotopic (exact) mass is 509 g/mol. The molecule has 2 aromatic carbocycles. The first-order valence-electron chi connectivity index (χ1n) is 12.0. The van der Waals surface area contributed by atoms with E-state index in [-0.39, 0.29) is 18.6 Å². The minimum Gasteiger partial charge on any atom is -0.484 e. The van der Waals surface area contributed by atoms with Crippen LogP contribution in [0.3, 0.4) is 0 Å². The van der Waals surface area contributed by atoms with Crippen molar-refractivity contribution in [3.8, 4) is 5.75 Å². The average Bonchev–Trinajstić information content (AvgIpc) is 3.72. The maximum absolute atomic E-state index is 13.3. The molecule has 2 N–H and O–H groups in total. The van der Waals surface area contributed by atoms with Gasteiger partial charge in [-0.1, -0.05) is 43.0 Å². The molecule has 2 fully saturated rings. The van der Waals surface area contributed by atoms with Gasteiger partial charge in [0.25, 0.3) is 5.91 Å². The third kappa shape index (κ3) is 6.20. The van der Waals surface area contributed by atoms with Crippen LogP contribution in [0.15, 0.2) is 72.8 Å².